The second-order valence-electron chi connectivity index (χ2n) is 5.91. The van der Waals surface area contributed by atoms with Gasteiger partial charge in [-0.3, -0.25) is 0 Å². The highest BCUT2D eigenvalue weighted by Crippen LogP contribution is 2.12. The van der Waals surface area contributed by atoms with E-state index in [9.17, 15) is 0 Å². The summed E-state index contributed by atoms with van der Waals surface area (Å²) in [7, 11) is 0. The number of ether oxygens (including phenoxy) is 2. The molecule has 1 aromatic carbocycles. The van der Waals surface area contributed by atoms with Crippen LogP contribution < -0.4 is 10.6 Å². The number of hydrogen-bond acceptors (Lipinski definition) is 3. The Hall–Kier alpha value is -0.380. The number of benzene rings is 1. The molecule has 1 heterocycles. The molecule has 0 saturated carbocycles. The number of rotatable bonds is 9. The molecule has 1 aliphatic rings. The average molecular weight is 526 g/mol. The molecule has 0 aliphatic carbocycles. The molecule has 0 radical (unpaired) electrons. The fourth-order valence-corrected chi connectivity index (χ4v) is 2.71. The van der Waals surface area contributed by atoms with Gasteiger partial charge in [0.2, 0.25) is 0 Å². The molecule has 1 aromatic rings. The largest absolute Gasteiger partial charge is 0.381 e. The van der Waals surface area contributed by atoms with E-state index >= 15 is 0 Å². The Morgan fingerprint density at radius 2 is 2.12 bits per heavy atom. The minimum Gasteiger partial charge on any atom is -0.381 e. The summed E-state index contributed by atoms with van der Waals surface area (Å²) in [6.07, 6.45) is 2.10. The topological polar surface area (TPSA) is 54.9 Å². The lowest BCUT2D eigenvalue weighted by atomic mass is 10.1. The second kappa shape index (κ2) is 13.8. The lowest BCUT2D eigenvalue weighted by Crippen LogP contribution is -2.38. The Balaban J connectivity index is 0.00000312. The molecule has 0 amide bonds. The van der Waals surface area contributed by atoms with E-state index in [-0.39, 0.29) is 24.0 Å². The SMILES string of the molecule is CCNC(=NCc1ccc(Br)cc1)NCCCOCC1CCOC1.I. The van der Waals surface area contributed by atoms with Crippen molar-refractivity contribution in [1.29, 1.82) is 0 Å². The number of guanidine groups is 1. The van der Waals surface area contributed by atoms with E-state index in [0.29, 0.717) is 12.5 Å². The van der Waals surface area contributed by atoms with Crippen LogP contribution in [0.5, 0.6) is 0 Å². The molecule has 1 atom stereocenters. The summed E-state index contributed by atoms with van der Waals surface area (Å²) in [6.45, 7) is 7.78. The lowest BCUT2D eigenvalue weighted by molar-refractivity contribution is 0.0888. The molecule has 0 spiro atoms. The summed E-state index contributed by atoms with van der Waals surface area (Å²) in [6, 6.07) is 8.24. The summed E-state index contributed by atoms with van der Waals surface area (Å²) in [5, 5.41) is 6.63. The Bertz CT molecular complexity index is 494. The molecule has 1 unspecified atom stereocenters. The van der Waals surface area contributed by atoms with Gasteiger partial charge in [0.1, 0.15) is 0 Å². The van der Waals surface area contributed by atoms with E-state index in [1.165, 1.54) is 5.56 Å². The Labute approximate surface area is 176 Å². The van der Waals surface area contributed by atoms with Gasteiger partial charge in [-0.1, -0.05) is 28.1 Å². The van der Waals surface area contributed by atoms with Crippen molar-refractivity contribution in [2.45, 2.75) is 26.3 Å². The molecule has 142 valence electrons. The normalized spacial score (nSPS) is 17.2. The summed E-state index contributed by atoms with van der Waals surface area (Å²) in [5.41, 5.74) is 1.19. The molecule has 1 aliphatic heterocycles. The van der Waals surface area contributed by atoms with Crippen molar-refractivity contribution >= 4 is 45.9 Å². The molecule has 2 N–H and O–H groups in total. The van der Waals surface area contributed by atoms with Crippen LogP contribution in [0.15, 0.2) is 33.7 Å². The lowest BCUT2D eigenvalue weighted by Gasteiger charge is -2.12. The van der Waals surface area contributed by atoms with Gasteiger partial charge in [-0.05, 0) is 37.5 Å². The van der Waals surface area contributed by atoms with Gasteiger partial charge < -0.3 is 20.1 Å². The predicted octanol–water partition coefficient (Wildman–Crippen LogP) is 3.57. The van der Waals surface area contributed by atoms with Crippen LogP contribution in [0.2, 0.25) is 0 Å². The third kappa shape index (κ3) is 9.77. The molecule has 5 nitrogen and oxygen atoms in total. The predicted molar refractivity (Wildman–Crippen MR) is 117 cm³/mol. The summed E-state index contributed by atoms with van der Waals surface area (Å²) >= 11 is 3.45. The number of aliphatic imine (C=N–C) groups is 1. The maximum absolute atomic E-state index is 5.72. The molecular formula is C18H29BrIN3O2. The van der Waals surface area contributed by atoms with Gasteiger partial charge in [0, 0.05) is 36.7 Å². The van der Waals surface area contributed by atoms with E-state index in [4.69, 9.17) is 9.47 Å². The van der Waals surface area contributed by atoms with Crippen molar-refractivity contribution in [3.8, 4) is 0 Å². The van der Waals surface area contributed by atoms with Crippen molar-refractivity contribution in [2.24, 2.45) is 10.9 Å². The molecule has 0 aromatic heterocycles. The fourth-order valence-electron chi connectivity index (χ4n) is 2.45. The maximum atomic E-state index is 5.72. The van der Waals surface area contributed by atoms with Gasteiger partial charge in [-0.25, -0.2) is 4.99 Å². The van der Waals surface area contributed by atoms with Crippen LogP contribution in [-0.4, -0.2) is 45.5 Å². The molecule has 1 saturated heterocycles. The monoisotopic (exact) mass is 525 g/mol. The zero-order valence-corrected chi connectivity index (χ0v) is 18.7. The molecule has 7 heteroatoms. The van der Waals surface area contributed by atoms with Crippen LogP contribution in [0.25, 0.3) is 0 Å². The standard InChI is InChI=1S/C18H28BrN3O2.HI/c1-2-20-18(22-12-15-4-6-17(19)7-5-15)21-9-3-10-23-13-16-8-11-24-14-16;/h4-7,16H,2-3,8-14H2,1H3,(H2,20,21,22);1H. The Morgan fingerprint density at radius 3 is 2.80 bits per heavy atom. The first-order valence-corrected chi connectivity index (χ1v) is 9.49. The van der Waals surface area contributed by atoms with Gasteiger partial charge in [0.15, 0.2) is 5.96 Å². The number of halogens is 2. The molecule has 0 bridgehead atoms. The van der Waals surface area contributed by atoms with E-state index in [1.54, 1.807) is 0 Å². The Morgan fingerprint density at radius 1 is 1.32 bits per heavy atom. The second-order valence-corrected chi connectivity index (χ2v) is 6.82. The zero-order chi connectivity index (χ0) is 17.0. The van der Waals surface area contributed by atoms with E-state index in [1.807, 2.05) is 12.1 Å². The van der Waals surface area contributed by atoms with Gasteiger partial charge in [-0.2, -0.15) is 0 Å². The maximum Gasteiger partial charge on any atom is 0.191 e. The van der Waals surface area contributed by atoms with Crippen LogP contribution in [0, 0.1) is 5.92 Å². The summed E-state index contributed by atoms with van der Waals surface area (Å²) in [4.78, 5) is 4.62. The number of nitrogens with one attached hydrogen (secondary N) is 2. The molecule has 25 heavy (non-hydrogen) atoms. The first-order valence-electron chi connectivity index (χ1n) is 8.70. The number of hydrogen-bond donors (Lipinski definition) is 2. The first-order chi connectivity index (χ1) is 11.8. The van der Waals surface area contributed by atoms with Crippen molar-refractivity contribution in [1.82, 2.24) is 10.6 Å². The molecule has 2 rings (SSSR count). The van der Waals surface area contributed by atoms with Crippen molar-refractivity contribution < 1.29 is 9.47 Å². The zero-order valence-electron chi connectivity index (χ0n) is 14.8. The third-order valence-corrected chi connectivity index (χ3v) is 4.34. The third-order valence-electron chi connectivity index (χ3n) is 3.81. The van der Waals surface area contributed by atoms with Crippen molar-refractivity contribution in [3.63, 3.8) is 0 Å². The van der Waals surface area contributed by atoms with Gasteiger partial charge in [0.05, 0.1) is 19.8 Å². The average Bonchev–Trinajstić information content (AvgIpc) is 3.10. The van der Waals surface area contributed by atoms with Crippen molar-refractivity contribution in [2.75, 3.05) is 39.5 Å². The highest BCUT2D eigenvalue weighted by atomic mass is 127. The van der Waals surface area contributed by atoms with E-state index in [0.717, 1.165) is 62.8 Å². The fraction of sp³-hybridized carbons (Fsp3) is 0.611. The van der Waals surface area contributed by atoms with Crippen LogP contribution in [-0.2, 0) is 16.0 Å². The van der Waals surface area contributed by atoms with E-state index < -0.39 is 0 Å². The van der Waals surface area contributed by atoms with E-state index in [2.05, 4.69) is 50.6 Å². The molecular weight excluding hydrogens is 497 g/mol. The van der Waals surface area contributed by atoms with Crippen LogP contribution in [0.3, 0.4) is 0 Å². The van der Waals surface area contributed by atoms with Gasteiger partial charge in [-0.15, -0.1) is 24.0 Å². The van der Waals surface area contributed by atoms with Crippen LogP contribution in [0.4, 0.5) is 0 Å². The smallest absolute Gasteiger partial charge is 0.191 e. The number of nitrogens with zero attached hydrogens (tertiary/aromatic N) is 1. The summed E-state index contributed by atoms with van der Waals surface area (Å²) in [5.74, 6) is 1.44. The highest BCUT2D eigenvalue weighted by Gasteiger charge is 2.15. The quantitative estimate of drug-likeness (QED) is 0.224. The first kappa shape index (κ1) is 22.7. The Kier molecular flexibility index (Phi) is 12.5. The van der Waals surface area contributed by atoms with Gasteiger partial charge in [0.25, 0.3) is 0 Å². The van der Waals surface area contributed by atoms with Crippen molar-refractivity contribution in [3.05, 3.63) is 34.3 Å². The summed E-state index contributed by atoms with van der Waals surface area (Å²) < 4.78 is 12.1. The van der Waals surface area contributed by atoms with Gasteiger partial charge >= 0.3 is 0 Å². The highest BCUT2D eigenvalue weighted by molar-refractivity contribution is 14.0. The molecule has 1 fully saturated rings. The minimum atomic E-state index is 0. The van der Waals surface area contributed by atoms with Crippen LogP contribution >= 0.6 is 39.9 Å². The van der Waals surface area contributed by atoms with Crippen LogP contribution in [0.1, 0.15) is 25.3 Å². The minimum absolute atomic E-state index is 0.